The van der Waals surface area contributed by atoms with Crippen LogP contribution in [0.25, 0.3) is 10.2 Å². The lowest BCUT2D eigenvalue weighted by molar-refractivity contribution is -0.274. The van der Waals surface area contributed by atoms with E-state index in [1.165, 1.54) is 34.2 Å². The molecule has 1 aliphatic rings. The van der Waals surface area contributed by atoms with Gasteiger partial charge in [0.05, 0.1) is 10.2 Å². The SMILES string of the molecule is O=C1c2ccccc2C(=O)c2c1nnn2CCCNc1nc2ccc(OC(F)(F)F)cc2s1. The van der Waals surface area contributed by atoms with Crippen LogP contribution in [0.3, 0.4) is 0 Å². The molecule has 0 saturated carbocycles. The molecule has 0 bridgehead atoms. The van der Waals surface area contributed by atoms with Crippen LogP contribution in [0.15, 0.2) is 42.5 Å². The Balaban J connectivity index is 1.24. The molecular formula is C21H14F3N5O3S. The molecule has 4 aromatic rings. The number of halogens is 3. The van der Waals surface area contributed by atoms with Crippen LogP contribution < -0.4 is 10.1 Å². The zero-order chi connectivity index (χ0) is 23.2. The highest BCUT2D eigenvalue weighted by molar-refractivity contribution is 7.22. The summed E-state index contributed by atoms with van der Waals surface area (Å²) in [5.74, 6) is -0.920. The van der Waals surface area contributed by atoms with Crippen molar-refractivity contribution in [3.8, 4) is 5.75 Å². The summed E-state index contributed by atoms with van der Waals surface area (Å²) < 4.78 is 43.1. The van der Waals surface area contributed by atoms with Crippen molar-refractivity contribution in [1.29, 1.82) is 0 Å². The Morgan fingerprint density at radius 1 is 1.06 bits per heavy atom. The van der Waals surface area contributed by atoms with Crippen LogP contribution in [0, 0.1) is 0 Å². The molecule has 33 heavy (non-hydrogen) atoms. The van der Waals surface area contributed by atoms with Gasteiger partial charge in [-0.25, -0.2) is 9.67 Å². The highest BCUT2D eigenvalue weighted by Gasteiger charge is 2.34. The number of ketones is 2. The zero-order valence-electron chi connectivity index (χ0n) is 16.7. The first-order chi connectivity index (χ1) is 15.8. The molecule has 2 aromatic carbocycles. The average Bonchev–Trinajstić information content (AvgIpc) is 3.38. The number of nitrogens with zero attached hydrogens (tertiary/aromatic N) is 4. The van der Waals surface area contributed by atoms with Crippen LogP contribution in [0.4, 0.5) is 18.3 Å². The molecule has 2 heterocycles. The van der Waals surface area contributed by atoms with Crippen molar-refractivity contribution in [2.45, 2.75) is 19.3 Å². The number of rotatable bonds is 6. The summed E-state index contributed by atoms with van der Waals surface area (Å²) >= 11 is 1.20. The number of hydrogen-bond acceptors (Lipinski definition) is 8. The van der Waals surface area contributed by atoms with Gasteiger partial charge in [0.15, 0.2) is 10.8 Å². The van der Waals surface area contributed by atoms with Crippen LogP contribution in [0.5, 0.6) is 5.75 Å². The Morgan fingerprint density at radius 3 is 2.58 bits per heavy atom. The van der Waals surface area contributed by atoms with E-state index in [0.29, 0.717) is 46.0 Å². The topological polar surface area (TPSA) is 99.0 Å². The lowest BCUT2D eigenvalue weighted by Gasteiger charge is -2.14. The van der Waals surface area contributed by atoms with Gasteiger partial charge in [0, 0.05) is 30.3 Å². The minimum atomic E-state index is -4.76. The molecule has 0 radical (unpaired) electrons. The molecule has 0 amide bonds. The van der Waals surface area contributed by atoms with E-state index in [2.05, 4.69) is 25.3 Å². The van der Waals surface area contributed by atoms with Gasteiger partial charge in [-0.15, -0.1) is 18.3 Å². The molecule has 2 aromatic heterocycles. The van der Waals surface area contributed by atoms with Crippen LogP contribution in [-0.4, -0.2) is 44.5 Å². The number of aromatic nitrogens is 4. The number of ether oxygens (including phenoxy) is 1. The number of hydrogen-bond donors (Lipinski definition) is 1. The molecule has 12 heteroatoms. The summed E-state index contributed by atoms with van der Waals surface area (Å²) in [6.07, 6.45) is -4.22. The number of aryl methyl sites for hydroxylation is 1. The first-order valence-corrected chi connectivity index (χ1v) is 10.6. The summed E-state index contributed by atoms with van der Waals surface area (Å²) in [5.41, 5.74) is 1.43. The first-order valence-electron chi connectivity index (χ1n) is 9.82. The molecule has 0 unspecified atom stereocenters. The molecule has 8 nitrogen and oxygen atoms in total. The Kier molecular flexibility index (Phi) is 5.08. The fraction of sp³-hybridized carbons (Fsp3) is 0.190. The first kappa shape index (κ1) is 21.1. The standard InChI is InChI=1S/C21H14F3N5O3S/c22-21(23,24)32-11-6-7-14-15(10-11)33-20(26-14)25-8-3-9-29-17-16(27-28-29)18(30)12-4-1-2-5-13(12)19(17)31/h1-2,4-7,10H,3,8-9H2,(H,25,26). The summed E-state index contributed by atoms with van der Waals surface area (Å²) in [6.45, 7) is 0.796. The van der Waals surface area contributed by atoms with E-state index < -0.39 is 6.36 Å². The normalized spacial score (nSPS) is 13.2. The van der Waals surface area contributed by atoms with E-state index in [0.717, 1.165) is 0 Å². The van der Waals surface area contributed by atoms with Gasteiger partial charge in [0.2, 0.25) is 11.6 Å². The predicted octanol–water partition coefficient (Wildman–Crippen LogP) is 4.06. The number of carbonyl (C=O) groups excluding carboxylic acids is 2. The van der Waals surface area contributed by atoms with Gasteiger partial charge in [-0.1, -0.05) is 40.8 Å². The quantitative estimate of drug-likeness (QED) is 0.371. The number of fused-ring (bicyclic) bond motifs is 3. The second-order valence-electron chi connectivity index (χ2n) is 7.19. The number of thiazole rings is 1. The average molecular weight is 473 g/mol. The molecule has 5 rings (SSSR count). The number of carbonyl (C=O) groups is 2. The summed E-state index contributed by atoms with van der Waals surface area (Å²) in [4.78, 5) is 29.8. The molecule has 0 saturated heterocycles. The lowest BCUT2D eigenvalue weighted by Crippen LogP contribution is -2.23. The van der Waals surface area contributed by atoms with Crippen molar-refractivity contribution in [3.63, 3.8) is 0 Å². The van der Waals surface area contributed by atoms with E-state index >= 15 is 0 Å². The molecule has 0 aliphatic heterocycles. The number of anilines is 1. The highest BCUT2D eigenvalue weighted by Crippen LogP contribution is 2.31. The van der Waals surface area contributed by atoms with E-state index in [-0.39, 0.29) is 28.7 Å². The Hall–Kier alpha value is -3.80. The Labute approximate surface area is 188 Å². The molecular weight excluding hydrogens is 459 g/mol. The van der Waals surface area contributed by atoms with Gasteiger partial charge in [0.1, 0.15) is 11.4 Å². The number of nitrogens with one attached hydrogen (secondary N) is 1. The van der Waals surface area contributed by atoms with Crippen molar-refractivity contribution >= 4 is 38.3 Å². The Morgan fingerprint density at radius 2 is 1.82 bits per heavy atom. The minimum Gasteiger partial charge on any atom is -0.406 e. The van der Waals surface area contributed by atoms with E-state index in [4.69, 9.17) is 0 Å². The molecule has 1 aliphatic carbocycles. The van der Waals surface area contributed by atoms with Crippen molar-refractivity contribution in [2.75, 3.05) is 11.9 Å². The molecule has 168 valence electrons. The highest BCUT2D eigenvalue weighted by atomic mass is 32.1. The fourth-order valence-electron chi connectivity index (χ4n) is 3.58. The van der Waals surface area contributed by atoms with Crippen LogP contribution >= 0.6 is 11.3 Å². The van der Waals surface area contributed by atoms with E-state index in [1.807, 2.05) is 0 Å². The predicted molar refractivity (Wildman–Crippen MR) is 113 cm³/mol. The van der Waals surface area contributed by atoms with Gasteiger partial charge in [-0.2, -0.15) is 0 Å². The third kappa shape index (κ3) is 4.04. The number of benzene rings is 2. The second-order valence-corrected chi connectivity index (χ2v) is 8.22. The maximum atomic E-state index is 12.8. The van der Waals surface area contributed by atoms with Gasteiger partial charge in [-0.05, 0) is 18.6 Å². The van der Waals surface area contributed by atoms with Gasteiger partial charge in [0.25, 0.3) is 0 Å². The third-order valence-electron chi connectivity index (χ3n) is 5.00. The molecule has 1 N–H and O–H groups in total. The van der Waals surface area contributed by atoms with Crippen LogP contribution in [0.1, 0.15) is 38.5 Å². The summed E-state index contributed by atoms with van der Waals surface area (Å²) in [7, 11) is 0. The zero-order valence-corrected chi connectivity index (χ0v) is 17.5. The van der Waals surface area contributed by atoms with Crippen molar-refractivity contribution in [1.82, 2.24) is 20.0 Å². The molecule has 0 fully saturated rings. The van der Waals surface area contributed by atoms with Crippen molar-refractivity contribution in [3.05, 3.63) is 65.0 Å². The van der Waals surface area contributed by atoms with Gasteiger partial charge < -0.3 is 10.1 Å². The van der Waals surface area contributed by atoms with Crippen LogP contribution in [0.2, 0.25) is 0 Å². The Bertz CT molecular complexity index is 1400. The summed E-state index contributed by atoms with van der Waals surface area (Å²) in [5, 5.41) is 11.5. The van der Waals surface area contributed by atoms with E-state index in [1.54, 1.807) is 24.3 Å². The summed E-state index contributed by atoms with van der Waals surface area (Å²) in [6, 6.07) is 10.5. The van der Waals surface area contributed by atoms with Crippen LogP contribution in [-0.2, 0) is 6.54 Å². The molecule has 0 spiro atoms. The van der Waals surface area contributed by atoms with E-state index in [9.17, 15) is 22.8 Å². The third-order valence-corrected chi connectivity index (χ3v) is 5.97. The monoisotopic (exact) mass is 473 g/mol. The van der Waals surface area contributed by atoms with Gasteiger partial charge in [-0.3, -0.25) is 9.59 Å². The lowest BCUT2D eigenvalue weighted by atomic mass is 9.90. The van der Waals surface area contributed by atoms with Gasteiger partial charge >= 0.3 is 6.36 Å². The fourth-order valence-corrected chi connectivity index (χ4v) is 4.50. The maximum Gasteiger partial charge on any atom is 0.573 e. The van der Waals surface area contributed by atoms with Crippen molar-refractivity contribution in [2.24, 2.45) is 0 Å². The van der Waals surface area contributed by atoms with Crippen molar-refractivity contribution < 1.29 is 27.5 Å². The number of alkyl halides is 3. The second kappa shape index (κ2) is 7.96. The smallest absolute Gasteiger partial charge is 0.406 e. The largest absolute Gasteiger partial charge is 0.573 e. The maximum absolute atomic E-state index is 12.8. The molecule has 0 atom stereocenters. The minimum absolute atomic E-state index is 0.0507.